The van der Waals surface area contributed by atoms with Crippen molar-refractivity contribution in [3.63, 3.8) is 0 Å². The maximum atomic E-state index is 11.4. The van der Waals surface area contributed by atoms with Gasteiger partial charge in [0.15, 0.2) is 5.82 Å². The lowest BCUT2D eigenvalue weighted by Crippen LogP contribution is -2.10. The first-order valence-corrected chi connectivity index (χ1v) is 5.75. The third-order valence-electron chi connectivity index (χ3n) is 2.24. The van der Waals surface area contributed by atoms with Gasteiger partial charge in [0.05, 0.1) is 5.52 Å². The van der Waals surface area contributed by atoms with Crippen molar-refractivity contribution >= 4 is 44.5 Å². The van der Waals surface area contributed by atoms with Crippen LogP contribution in [-0.2, 0) is 4.79 Å². The smallest absolute Gasteiger partial charge is 0.244 e. The zero-order chi connectivity index (χ0) is 12.6. The van der Waals surface area contributed by atoms with Gasteiger partial charge in [-0.1, -0.05) is 15.9 Å². The maximum Gasteiger partial charge on any atom is 0.244 e. The summed E-state index contributed by atoms with van der Waals surface area (Å²) in [6.45, 7) is 2.82. The molecule has 17 heavy (non-hydrogen) atoms. The van der Waals surface area contributed by atoms with Gasteiger partial charge in [0.1, 0.15) is 0 Å². The van der Waals surface area contributed by atoms with Crippen LogP contribution in [0.2, 0.25) is 0 Å². The first-order chi connectivity index (χ1) is 7.99. The van der Waals surface area contributed by atoms with Crippen LogP contribution in [0.15, 0.2) is 22.7 Å². The number of rotatable bonds is 1. The predicted molar refractivity (Wildman–Crippen MR) is 68.0 cm³/mol. The van der Waals surface area contributed by atoms with Crippen molar-refractivity contribution in [2.75, 3.05) is 5.32 Å². The Morgan fingerprint density at radius 3 is 2.65 bits per heavy atom. The van der Waals surface area contributed by atoms with Crippen LogP contribution in [0.1, 0.15) is 18.6 Å². The Balaban J connectivity index is 2.70. The highest BCUT2D eigenvalue weighted by Gasteiger charge is 2.13. The summed E-state index contributed by atoms with van der Waals surface area (Å²) in [6.07, 6.45) is 0. The summed E-state index contributed by atoms with van der Waals surface area (Å²) in [7, 11) is 0. The molecular formula is C11H10BrN3O2. The first-order valence-electron chi connectivity index (χ1n) is 4.96. The molecule has 0 aliphatic heterocycles. The highest BCUT2D eigenvalue weighted by molar-refractivity contribution is 9.10. The number of aromatic nitrogens is 2. The number of fused-ring (bicyclic) bond motifs is 1. The molecule has 0 spiro atoms. The molecule has 0 aliphatic rings. The summed E-state index contributed by atoms with van der Waals surface area (Å²) in [6, 6.07) is 5.42. The van der Waals surface area contributed by atoms with Crippen LogP contribution in [0.25, 0.3) is 10.9 Å². The minimum absolute atomic E-state index is 0.204. The molecule has 5 nitrogen and oxygen atoms in total. The van der Waals surface area contributed by atoms with Crippen molar-refractivity contribution in [2.45, 2.75) is 13.8 Å². The molecular weight excluding hydrogens is 286 g/mol. The van der Waals surface area contributed by atoms with E-state index in [9.17, 15) is 9.59 Å². The largest absolute Gasteiger partial charge is 0.309 e. The molecule has 0 saturated carbocycles. The van der Waals surface area contributed by atoms with Gasteiger partial charge in [0.25, 0.3) is 0 Å². The van der Waals surface area contributed by atoms with Crippen molar-refractivity contribution < 1.29 is 9.59 Å². The third kappa shape index (κ3) is 2.21. The molecule has 0 unspecified atom stereocenters. The van der Waals surface area contributed by atoms with Crippen molar-refractivity contribution in [1.29, 1.82) is 0 Å². The lowest BCUT2D eigenvalue weighted by Gasteiger charge is -1.96. The predicted octanol–water partition coefficient (Wildman–Crippen LogP) is 2.42. The quantitative estimate of drug-likeness (QED) is 0.879. The van der Waals surface area contributed by atoms with E-state index in [1.165, 1.54) is 18.5 Å². The number of carbonyl (C=O) groups is 2. The summed E-state index contributed by atoms with van der Waals surface area (Å²) >= 11 is 3.34. The molecule has 0 radical (unpaired) electrons. The Hall–Kier alpha value is -1.69. The summed E-state index contributed by atoms with van der Waals surface area (Å²) in [4.78, 5) is 22.5. The van der Waals surface area contributed by atoms with E-state index in [0.29, 0.717) is 11.3 Å². The van der Waals surface area contributed by atoms with Crippen LogP contribution >= 0.6 is 15.9 Å². The third-order valence-corrected chi connectivity index (χ3v) is 2.73. The minimum Gasteiger partial charge on any atom is -0.309 e. The summed E-state index contributed by atoms with van der Waals surface area (Å²) in [5.41, 5.74) is 0.663. The molecule has 0 bridgehead atoms. The molecule has 1 N–H and O–H groups in total. The van der Waals surface area contributed by atoms with E-state index in [-0.39, 0.29) is 11.8 Å². The molecule has 88 valence electrons. The molecule has 0 atom stereocenters. The SMILES string of the molecule is CC(=O)Nc1nn(C(C)=O)c2cc(Br)ccc12. The Morgan fingerprint density at radius 1 is 1.35 bits per heavy atom. The Bertz CT molecular complexity index is 618. The van der Waals surface area contributed by atoms with Gasteiger partial charge in [-0.05, 0) is 18.2 Å². The van der Waals surface area contributed by atoms with Crippen LogP contribution in [-0.4, -0.2) is 21.6 Å². The van der Waals surface area contributed by atoms with Gasteiger partial charge in [-0.2, -0.15) is 4.68 Å². The van der Waals surface area contributed by atoms with Gasteiger partial charge >= 0.3 is 0 Å². The molecule has 0 saturated heterocycles. The second kappa shape index (κ2) is 4.29. The van der Waals surface area contributed by atoms with E-state index in [0.717, 1.165) is 9.86 Å². The average Bonchev–Trinajstić information content (AvgIpc) is 2.55. The van der Waals surface area contributed by atoms with Crippen LogP contribution < -0.4 is 5.32 Å². The van der Waals surface area contributed by atoms with Crippen LogP contribution in [0.4, 0.5) is 5.82 Å². The van der Waals surface area contributed by atoms with Gasteiger partial charge in [-0.25, -0.2) is 0 Å². The van der Waals surface area contributed by atoms with E-state index in [1.807, 2.05) is 6.07 Å². The standard InChI is InChI=1S/C11H10BrN3O2/c1-6(16)13-11-9-4-3-8(12)5-10(9)15(14-11)7(2)17/h3-5H,1-2H3,(H,13,14,16). The van der Waals surface area contributed by atoms with Crippen molar-refractivity contribution in [1.82, 2.24) is 9.78 Å². The number of nitrogens with one attached hydrogen (secondary N) is 1. The summed E-state index contributed by atoms with van der Waals surface area (Å²) in [5, 5.41) is 7.42. The monoisotopic (exact) mass is 295 g/mol. The summed E-state index contributed by atoms with van der Waals surface area (Å²) < 4.78 is 2.12. The van der Waals surface area contributed by atoms with Crippen molar-refractivity contribution in [3.05, 3.63) is 22.7 Å². The number of benzene rings is 1. The van der Waals surface area contributed by atoms with Crippen molar-refractivity contribution in [3.8, 4) is 0 Å². The topological polar surface area (TPSA) is 64.0 Å². The second-order valence-corrected chi connectivity index (χ2v) is 4.54. The first kappa shape index (κ1) is 11.8. The van der Waals surface area contributed by atoms with E-state index < -0.39 is 0 Å². The van der Waals surface area contributed by atoms with E-state index >= 15 is 0 Å². The maximum absolute atomic E-state index is 11.4. The number of hydrogen-bond donors (Lipinski definition) is 1. The molecule has 0 aliphatic carbocycles. The minimum atomic E-state index is -0.219. The second-order valence-electron chi connectivity index (χ2n) is 3.62. The lowest BCUT2D eigenvalue weighted by atomic mass is 10.2. The average molecular weight is 296 g/mol. The molecule has 0 fully saturated rings. The van der Waals surface area contributed by atoms with Gasteiger partial charge in [-0.3, -0.25) is 9.59 Å². The number of carbonyl (C=O) groups excluding carboxylic acids is 2. The molecule has 1 heterocycles. The molecule has 1 amide bonds. The van der Waals surface area contributed by atoms with Gasteiger partial charge in [0, 0.05) is 23.7 Å². The molecule has 1 aromatic heterocycles. The number of anilines is 1. The molecule has 6 heteroatoms. The lowest BCUT2D eigenvalue weighted by molar-refractivity contribution is -0.114. The highest BCUT2D eigenvalue weighted by Crippen LogP contribution is 2.26. The molecule has 2 rings (SSSR count). The number of nitrogens with zero attached hydrogens (tertiary/aromatic N) is 2. The molecule has 2 aromatic rings. The van der Waals surface area contributed by atoms with Crippen molar-refractivity contribution in [2.24, 2.45) is 0 Å². The van der Waals surface area contributed by atoms with E-state index in [2.05, 4.69) is 26.3 Å². The van der Waals surface area contributed by atoms with E-state index in [1.54, 1.807) is 12.1 Å². The zero-order valence-corrected chi connectivity index (χ0v) is 10.9. The van der Waals surface area contributed by atoms with Gasteiger partial charge in [-0.15, -0.1) is 5.10 Å². The van der Waals surface area contributed by atoms with Crippen LogP contribution in [0, 0.1) is 0 Å². The fourth-order valence-electron chi connectivity index (χ4n) is 1.59. The van der Waals surface area contributed by atoms with Crippen LogP contribution in [0.5, 0.6) is 0 Å². The van der Waals surface area contributed by atoms with Crippen LogP contribution in [0.3, 0.4) is 0 Å². The number of hydrogen-bond acceptors (Lipinski definition) is 3. The number of amides is 1. The van der Waals surface area contributed by atoms with E-state index in [4.69, 9.17) is 0 Å². The zero-order valence-electron chi connectivity index (χ0n) is 9.32. The Labute approximate surface area is 106 Å². The van der Waals surface area contributed by atoms with Gasteiger partial charge in [0.2, 0.25) is 11.8 Å². The fourth-order valence-corrected chi connectivity index (χ4v) is 1.94. The highest BCUT2D eigenvalue weighted by atomic mass is 79.9. The van der Waals surface area contributed by atoms with Gasteiger partial charge < -0.3 is 5.32 Å². The Morgan fingerprint density at radius 2 is 2.06 bits per heavy atom. The Kier molecular flexibility index (Phi) is 2.97. The summed E-state index contributed by atoms with van der Waals surface area (Å²) in [5.74, 6) is -0.0251. The number of halogens is 1. The normalized spacial score (nSPS) is 10.5. The molecule has 1 aromatic carbocycles. The fraction of sp³-hybridized carbons (Fsp3) is 0.182.